The van der Waals surface area contributed by atoms with Crippen molar-refractivity contribution in [3.05, 3.63) is 71.3 Å². The Balaban J connectivity index is 1.22. The molecule has 0 saturated carbocycles. The van der Waals surface area contributed by atoms with Crippen LogP contribution in [0.3, 0.4) is 0 Å². The standard InChI is InChI=1S/C27H34N4O3/c1-21-9-11-23(12-10-21)26(33)31-13-5-8-24(19-31)27(34)30-16-14-29(15-17-30)20-25(32)28-18-22-6-3-2-4-7-22/h2-4,6-7,9-12,24H,5,8,13-20H2,1H3,(H,28,32). The van der Waals surface area contributed by atoms with E-state index < -0.39 is 0 Å². The van der Waals surface area contributed by atoms with Crippen LogP contribution in [0.15, 0.2) is 54.6 Å². The van der Waals surface area contributed by atoms with E-state index in [2.05, 4.69) is 10.2 Å². The Hall–Kier alpha value is -3.19. The Bertz CT molecular complexity index is 985. The van der Waals surface area contributed by atoms with Crippen LogP contribution in [0.1, 0.15) is 34.3 Å². The van der Waals surface area contributed by atoms with Crippen LogP contribution in [0.5, 0.6) is 0 Å². The average molecular weight is 463 g/mol. The molecule has 180 valence electrons. The number of amides is 3. The van der Waals surface area contributed by atoms with Crippen molar-refractivity contribution in [3.63, 3.8) is 0 Å². The summed E-state index contributed by atoms with van der Waals surface area (Å²) in [6, 6.07) is 17.5. The summed E-state index contributed by atoms with van der Waals surface area (Å²) >= 11 is 0. The number of hydrogen-bond acceptors (Lipinski definition) is 4. The van der Waals surface area contributed by atoms with Crippen molar-refractivity contribution in [2.24, 2.45) is 5.92 Å². The number of benzene rings is 2. The fourth-order valence-electron chi connectivity index (χ4n) is 4.68. The highest BCUT2D eigenvalue weighted by atomic mass is 16.2. The van der Waals surface area contributed by atoms with Crippen LogP contribution in [-0.2, 0) is 16.1 Å². The van der Waals surface area contributed by atoms with Crippen LogP contribution in [0.25, 0.3) is 0 Å². The third-order valence-corrected chi connectivity index (χ3v) is 6.74. The van der Waals surface area contributed by atoms with Gasteiger partial charge in [0.15, 0.2) is 0 Å². The van der Waals surface area contributed by atoms with Crippen LogP contribution >= 0.6 is 0 Å². The third-order valence-electron chi connectivity index (χ3n) is 6.74. The number of aryl methyl sites for hydroxylation is 1. The molecule has 0 radical (unpaired) electrons. The molecule has 0 bridgehead atoms. The minimum Gasteiger partial charge on any atom is -0.351 e. The molecule has 0 aromatic heterocycles. The van der Waals surface area contributed by atoms with Gasteiger partial charge < -0.3 is 15.1 Å². The highest BCUT2D eigenvalue weighted by Crippen LogP contribution is 2.21. The molecule has 2 aromatic carbocycles. The molecule has 4 rings (SSSR count). The number of carbonyl (C=O) groups is 3. The van der Waals surface area contributed by atoms with Gasteiger partial charge in [0, 0.05) is 51.4 Å². The van der Waals surface area contributed by atoms with Crippen molar-refractivity contribution in [1.82, 2.24) is 20.0 Å². The van der Waals surface area contributed by atoms with Gasteiger partial charge in [-0.3, -0.25) is 19.3 Å². The zero-order valence-electron chi connectivity index (χ0n) is 19.9. The second-order valence-corrected chi connectivity index (χ2v) is 9.32. The Labute approximate surface area is 201 Å². The van der Waals surface area contributed by atoms with Crippen molar-refractivity contribution in [2.75, 3.05) is 45.8 Å². The summed E-state index contributed by atoms with van der Waals surface area (Å²) in [5.74, 6) is -0.0107. The maximum absolute atomic E-state index is 13.2. The van der Waals surface area contributed by atoms with E-state index in [1.165, 1.54) is 0 Å². The lowest BCUT2D eigenvalue weighted by atomic mass is 9.95. The van der Waals surface area contributed by atoms with Gasteiger partial charge in [0.05, 0.1) is 12.5 Å². The molecule has 2 fully saturated rings. The number of piperidine rings is 1. The van der Waals surface area contributed by atoms with Crippen LogP contribution in [0.2, 0.25) is 0 Å². The first kappa shape index (κ1) is 24.0. The number of carbonyl (C=O) groups excluding carboxylic acids is 3. The molecule has 1 unspecified atom stereocenters. The van der Waals surface area contributed by atoms with E-state index in [-0.39, 0.29) is 23.6 Å². The molecule has 1 N–H and O–H groups in total. The number of piperazine rings is 1. The van der Waals surface area contributed by atoms with Gasteiger partial charge in [0.2, 0.25) is 11.8 Å². The van der Waals surface area contributed by atoms with Crippen molar-refractivity contribution < 1.29 is 14.4 Å². The molecular formula is C27H34N4O3. The summed E-state index contributed by atoms with van der Waals surface area (Å²) < 4.78 is 0. The highest BCUT2D eigenvalue weighted by Gasteiger charge is 2.33. The second-order valence-electron chi connectivity index (χ2n) is 9.32. The van der Waals surface area contributed by atoms with Crippen molar-refractivity contribution >= 4 is 17.7 Å². The summed E-state index contributed by atoms with van der Waals surface area (Å²) in [5.41, 5.74) is 2.88. The summed E-state index contributed by atoms with van der Waals surface area (Å²) in [4.78, 5) is 44.2. The van der Waals surface area contributed by atoms with Gasteiger partial charge in [-0.15, -0.1) is 0 Å². The molecule has 2 heterocycles. The molecule has 2 saturated heterocycles. The number of rotatable bonds is 6. The minimum atomic E-state index is -0.149. The van der Waals surface area contributed by atoms with Gasteiger partial charge in [-0.1, -0.05) is 48.0 Å². The average Bonchev–Trinajstić information content (AvgIpc) is 2.88. The summed E-state index contributed by atoms with van der Waals surface area (Å²) in [6.45, 7) is 6.65. The fraction of sp³-hybridized carbons (Fsp3) is 0.444. The van der Waals surface area contributed by atoms with E-state index in [0.29, 0.717) is 57.9 Å². The first-order valence-corrected chi connectivity index (χ1v) is 12.2. The van der Waals surface area contributed by atoms with Crippen molar-refractivity contribution in [1.29, 1.82) is 0 Å². The van der Waals surface area contributed by atoms with Gasteiger partial charge >= 0.3 is 0 Å². The van der Waals surface area contributed by atoms with E-state index in [9.17, 15) is 14.4 Å². The van der Waals surface area contributed by atoms with Gasteiger partial charge in [-0.2, -0.15) is 0 Å². The molecule has 0 spiro atoms. The third kappa shape index (κ3) is 6.23. The van der Waals surface area contributed by atoms with E-state index in [0.717, 1.165) is 24.0 Å². The van der Waals surface area contributed by atoms with Crippen LogP contribution in [-0.4, -0.2) is 78.2 Å². The maximum atomic E-state index is 13.2. The summed E-state index contributed by atoms with van der Waals surface area (Å²) in [7, 11) is 0. The number of nitrogens with zero attached hydrogens (tertiary/aromatic N) is 3. The molecule has 7 heteroatoms. The van der Waals surface area contributed by atoms with Crippen molar-refractivity contribution in [2.45, 2.75) is 26.3 Å². The highest BCUT2D eigenvalue weighted by molar-refractivity contribution is 5.94. The summed E-state index contributed by atoms with van der Waals surface area (Å²) in [6.07, 6.45) is 1.66. The van der Waals surface area contributed by atoms with E-state index in [1.54, 1.807) is 0 Å². The quantitative estimate of drug-likeness (QED) is 0.715. The molecule has 3 amide bonds. The van der Waals surface area contributed by atoms with Gasteiger partial charge in [-0.25, -0.2) is 0 Å². The Morgan fingerprint density at radius 1 is 0.882 bits per heavy atom. The normalized spacial score (nSPS) is 19.0. The number of likely N-dealkylation sites (tertiary alicyclic amines) is 1. The number of hydrogen-bond donors (Lipinski definition) is 1. The zero-order valence-corrected chi connectivity index (χ0v) is 19.9. The Kier molecular flexibility index (Phi) is 7.95. The van der Waals surface area contributed by atoms with E-state index >= 15 is 0 Å². The molecular weight excluding hydrogens is 428 g/mol. The van der Waals surface area contributed by atoms with Gasteiger partial charge in [0.25, 0.3) is 5.91 Å². The van der Waals surface area contributed by atoms with Gasteiger partial charge in [-0.05, 0) is 37.5 Å². The predicted octanol–water partition coefficient (Wildman–Crippen LogP) is 2.31. The molecule has 0 aliphatic carbocycles. The SMILES string of the molecule is Cc1ccc(C(=O)N2CCCC(C(=O)N3CCN(CC(=O)NCc4ccccc4)CC3)C2)cc1. The molecule has 7 nitrogen and oxygen atoms in total. The second kappa shape index (κ2) is 11.3. The molecule has 2 aromatic rings. The smallest absolute Gasteiger partial charge is 0.253 e. The molecule has 2 aliphatic heterocycles. The van der Waals surface area contributed by atoms with Crippen LogP contribution < -0.4 is 5.32 Å². The first-order chi connectivity index (χ1) is 16.5. The maximum Gasteiger partial charge on any atom is 0.253 e. The van der Waals surface area contributed by atoms with Crippen molar-refractivity contribution in [3.8, 4) is 0 Å². The minimum absolute atomic E-state index is 0.00108. The Morgan fingerprint density at radius 3 is 2.29 bits per heavy atom. The largest absolute Gasteiger partial charge is 0.351 e. The molecule has 34 heavy (non-hydrogen) atoms. The first-order valence-electron chi connectivity index (χ1n) is 12.2. The Morgan fingerprint density at radius 2 is 1.59 bits per heavy atom. The topological polar surface area (TPSA) is 73.0 Å². The van der Waals surface area contributed by atoms with E-state index in [4.69, 9.17) is 0 Å². The number of nitrogens with one attached hydrogen (secondary N) is 1. The van der Waals surface area contributed by atoms with Crippen LogP contribution in [0, 0.1) is 12.8 Å². The molecule has 1 atom stereocenters. The lowest BCUT2D eigenvalue weighted by Gasteiger charge is -2.38. The van der Waals surface area contributed by atoms with Gasteiger partial charge in [0.1, 0.15) is 0 Å². The molecule has 2 aliphatic rings. The lowest BCUT2D eigenvalue weighted by Crippen LogP contribution is -2.54. The fourth-order valence-corrected chi connectivity index (χ4v) is 4.68. The monoisotopic (exact) mass is 462 g/mol. The summed E-state index contributed by atoms with van der Waals surface area (Å²) in [5, 5.41) is 2.97. The predicted molar refractivity (Wildman–Crippen MR) is 131 cm³/mol. The zero-order chi connectivity index (χ0) is 23.9. The lowest BCUT2D eigenvalue weighted by molar-refractivity contribution is -0.138. The van der Waals surface area contributed by atoms with E-state index in [1.807, 2.05) is 71.3 Å². The van der Waals surface area contributed by atoms with Crippen LogP contribution in [0.4, 0.5) is 0 Å².